The van der Waals surface area contributed by atoms with E-state index in [9.17, 15) is 9.59 Å². The third-order valence-corrected chi connectivity index (χ3v) is 3.40. The number of carboxylic acids is 1. The van der Waals surface area contributed by atoms with Gasteiger partial charge in [-0.1, -0.05) is 12.1 Å². The minimum Gasteiger partial charge on any atom is -0.481 e. The largest absolute Gasteiger partial charge is 0.481 e. The lowest BCUT2D eigenvalue weighted by Crippen LogP contribution is -2.30. The third-order valence-electron chi connectivity index (χ3n) is 3.40. The summed E-state index contributed by atoms with van der Waals surface area (Å²) in [6.07, 6.45) is 0.656. The number of carbonyl (C=O) groups is 2. The van der Waals surface area contributed by atoms with Gasteiger partial charge in [0.1, 0.15) is 0 Å². The minimum absolute atomic E-state index is 0.00732. The van der Waals surface area contributed by atoms with E-state index in [1.165, 1.54) is 0 Å². The number of aromatic nitrogens is 2. The average Bonchev–Trinajstić information content (AvgIpc) is 2.92. The van der Waals surface area contributed by atoms with E-state index >= 15 is 0 Å². The van der Waals surface area contributed by atoms with Gasteiger partial charge in [-0.2, -0.15) is 4.98 Å². The summed E-state index contributed by atoms with van der Waals surface area (Å²) in [7, 11) is 0. The molecular formula is C12H17N3O4. The van der Waals surface area contributed by atoms with Gasteiger partial charge in [0.05, 0.1) is 5.92 Å². The van der Waals surface area contributed by atoms with Crippen molar-refractivity contribution in [3.8, 4) is 0 Å². The number of amides is 1. The standard InChI is InChI=1S/C12H17N3O4/c1-7-5-15(6-9(7)12(17)18)11(16)4-3-10-13-8(2)14-19-10/h7,9H,3-6H2,1-2H3,(H,17,18)/t7-,9-/m1/s1. The fraction of sp³-hybridized carbons (Fsp3) is 0.667. The fourth-order valence-electron chi connectivity index (χ4n) is 2.31. The van der Waals surface area contributed by atoms with Gasteiger partial charge in [-0.05, 0) is 12.8 Å². The van der Waals surface area contributed by atoms with Crippen molar-refractivity contribution in [1.29, 1.82) is 0 Å². The summed E-state index contributed by atoms with van der Waals surface area (Å²) in [5.41, 5.74) is 0. The van der Waals surface area contributed by atoms with Gasteiger partial charge in [-0.25, -0.2) is 0 Å². The highest BCUT2D eigenvalue weighted by Crippen LogP contribution is 2.23. The van der Waals surface area contributed by atoms with E-state index in [2.05, 4.69) is 10.1 Å². The molecule has 19 heavy (non-hydrogen) atoms. The number of rotatable bonds is 4. The molecule has 1 aromatic rings. The van der Waals surface area contributed by atoms with Crippen LogP contribution in [0.2, 0.25) is 0 Å². The van der Waals surface area contributed by atoms with E-state index in [0.717, 1.165) is 0 Å². The third kappa shape index (κ3) is 3.10. The van der Waals surface area contributed by atoms with Gasteiger partial charge >= 0.3 is 5.97 Å². The first kappa shape index (κ1) is 13.5. The quantitative estimate of drug-likeness (QED) is 0.852. The molecule has 104 valence electrons. The molecule has 0 unspecified atom stereocenters. The molecule has 0 radical (unpaired) electrons. The summed E-state index contributed by atoms with van der Waals surface area (Å²) >= 11 is 0. The van der Waals surface area contributed by atoms with E-state index in [-0.39, 0.29) is 24.8 Å². The lowest BCUT2D eigenvalue weighted by Gasteiger charge is -2.15. The molecule has 0 spiro atoms. The zero-order chi connectivity index (χ0) is 14.0. The molecule has 1 aliphatic rings. The molecule has 0 bridgehead atoms. The average molecular weight is 267 g/mol. The molecule has 2 rings (SSSR count). The summed E-state index contributed by atoms with van der Waals surface area (Å²) in [6, 6.07) is 0. The lowest BCUT2D eigenvalue weighted by molar-refractivity contribution is -0.142. The molecule has 2 atom stereocenters. The number of aliphatic carboxylic acids is 1. The number of likely N-dealkylation sites (tertiary alicyclic amines) is 1. The van der Waals surface area contributed by atoms with Crippen LogP contribution in [-0.4, -0.2) is 45.1 Å². The lowest BCUT2D eigenvalue weighted by atomic mass is 9.99. The van der Waals surface area contributed by atoms with Gasteiger partial charge in [0.15, 0.2) is 5.82 Å². The second-order valence-corrected chi connectivity index (χ2v) is 4.96. The monoisotopic (exact) mass is 267 g/mol. The molecule has 0 aliphatic carbocycles. The number of nitrogens with zero attached hydrogens (tertiary/aromatic N) is 3. The Morgan fingerprint density at radius 1 is 1.47 bits per heavy atom. The van der Waals surface area contributed by atoms with Crippen molar-refractivity contribution >= 4 is 11.9 Å². The summed E-state index contributed by atoms with van der Waals surface area (Å²) < 4.78 is 4.93. The van der Waals surface area contributed by atoms with Crippen molar-refractivity contribution in [2.75, 3.05) is 13.1 Å². The number of hydrogen-bond donors (Lipinski definition) is 1. The number of aryl methyl sites for hydroxylation is 2. The highest BCUT2D eigenvalue weighted by Gasteiger charge is 2.36. The molecule has 7 nitrogen and oxygen atoms in total. The topological polar surface area (TPSA) is 96.5 Å². The molecule has 1 amide bonds. The van der Waals surface area contributed by atoms with Gasteiger partial charge in [0.25, 0.3) is 0 Å². The molecule has 0 saturated carbocycles. The minimum atomic E-state index is -0.838. The van der Waals surface area contributed by atoms with Crippen molar-refractivity contribution in [3.63, 3.8) is 0 Å². The normalized spacial score (nSPS) is 22.7. The van der Waals surface area contributed by atoms with Gasteiger partial charge in [0, 0.05) is 25.9 Å². The molecular weight excluding hydrogens is 250 g/mol. The van der Waals surface area contributed by atoms with Gasteiger partial charge < -0.3 is 14.5 Å². The van der Waals surface area contributed by atoms with Crippen LogP contribution in [0.5, 0.6) is 0 Å². The maximum absolute atomic E-state index is 12.0. The van der Waals surface area contributed by atoms with Gasteiger partial charge in [-0.15, -0.1) is 0 Å². The second kappa shape index (κ2) is 5.38. The van der Waals surface area contributed by atoms with Crippen LogP contribution in [-0.2, 0) is 16.0 Å². The Hall–Kier alpha value is -1.92. The number of carboxylic acid groups (broad SMARTS) is 1. The van der Waals surface area contributed by atoms with E-state index in [1.807, 2.05) is 6.92 Å². The van der Waals surface area contributed by atoms with Crippen LogP contribution >= 0.6 is 0 Å². The Labute approximate surface area is 110 Å². The van der Waals surface area contributed by atoms with Crippen molar-refractivity contribution < 1.29 is 19.2 Å². The SMILES string of the molecule is Cc1noc(CCC(=O)N2C[C@@H](C)[C@H](C(=O)O)C2)n1. The molecule has 0 aromatic carbocycles. The summed E-state index contributed by atoms with van der Waals surface area (Å²) in [5, 5.41) is 12.7. The molecule has 1 aliphatic heterocycles. The van der Waals surface area contributed by atoms with Crippen LogP contribution in [0.15, 0.2) is 4.52 Å². The van der Waals surface area contributed by atoms with Crippen molar-refractivity contribution in [2.45, 2.75) is 26.7 Å². The van der Waals surface area contributed by atoms with Crippen molar-refractivity contribution in [1.82, 2.24) is 15.0 Å². The highest BCUT2D eigenvalue weighted by atomic mass is 16.5. The number of hydrogen-bond acceptors (Lipinski definition) is 5. The zero-order valence-electron chi connectivity index (χ0n) is 11.0. The van der Waals surface area contributed by atoms with Crippen LogP contribution in [0.3, 0.4) is 0 Å². The predicted molar refractivity (Wildman–Crippen MR) is 64.2 cm³/mol. The maximum atomic E-state index is 12.0. The van der Waals surface area contributed by atoms with Crippen LogP contribution < -0.4 is 0 Å². The van der Waals surface area contributed by atoms with Gasteiger partial charge in [0.2, 0.25) is 11.8 Å². The first-order chi connectivity index (χ1) is 8.97. The van der Waals surface area contributed by atoms with Gasteiger partial charge in [-0.3, -0.25) is 9.59 Å². The Morgan fingerprint density at radius 3 is 2.74 bits per heavy atom. The van der Waals surface area contributed by atoms with Crippen LogP contribution in [0.1, 0.15) is 25.1 Å². The highest BCUT2D eigenvalue weighted by molar-refractivity contribution is 5.79. The first-order valence-electron chi connectivity index (χ1n) is 6.27. The molecule has 1 aromatic heterocycles. The Kier molecular flexibility index (Phi) is 3.82. The summed E-state index contributed by atoms with van der Waals surface area (Å²) in [4.78, 5) is 28.6. The fourth-order valence-corrected chi connectivity index (χ4v) is 2.31. The molecule has 7 heteroatoms. The Morgan fingerprint density at radius 2 is 2.21 bits per heavy atom. The molecule has 1 fully saturated rings. The zero-order valence-corrected chi connectivity index (χ0v) is 11.0. The van der Waals surface area contributed by atoms with Crippen LogP contribution in [0, 0.1) is 18.8 Å². The Bertz CT molecular complexity index is 485. The predicted octanol–water partition coefficient (Wildman–Crippen LogP) is 0.490. The van der Waals surface area contributed by atoms with E-state index in [1.54, 1.807) is 11.8 Å². The molecule has 1 saturated heterocycles. The second-order valence-electron chi connectivity index (χ2n) is 4.96. The molecule has 2 heterocycles. The van der Waals surface area contributed by atoms with Crippen LogP contribution in [0.4, 0.5) is 0 Å². The van der Waals surface area contributed by atoms with E-state index in [0.29, 0.717) is 24.7 Å². The smallest absolute Gasteiger partial charge is 0.308 e. The first-order valence-corrected chi connectivity index (χ1v) is 6.27. The van der Waals surface area contributed by atoms with Crippen molar-refractivity contribution in [3.05, 3.63) is 11.7 Å². The molecule has 1 N–H and O–H groups in total. The van der Waals surface area contributed by atoms with E-state index in [4.69, 9.17) is 9.63 Å². The van der Waals surface area contributed by atoms with Crippen molar-refractivity contribution in [2.24, 2.45) is 11.8 Å². The van der Waals surface area contributed by atoms with Crippen LogP contribution in [0.25, 0.3) is 0 Å². The summed E-state index contributed by atoms with van der Waals surface area (Å²) in [5.74, 6) is -0.389. The van der Waals surface area contributed by atoms with E-state index < -0.39 is 11.9 Å². The maximum Gasteiger partial charge on any atom is 0.308 e. The number of carbonyl (C=O) groups excluding carboxylic acids is 1. The Balaban J connectivity index is 1.86. The summed E-state index contributed by atoms with van der Waals surface area (Å²) in [6.45, 7) is 4.36.